The number of benzene rings is 1. The second kappa shape index (κ2) is 4.04. The van der Waals surface area contributed by atoms with Gasteiger partial charge in [-0.15, -0.1) is 0 Å². The molecule has 1 aromatic carbocycles. The molecule has 0 radical (unpaired) electrons. The fraction of sp³-hybridized carbons (Fsp3) is 0.0909. The van der Waals surface area contributed by atoms with E-state index in [-0.39, 0.29) is 11.8 Å². The van der Waals surface area contributed by atoms with E-state index in [1.165, 1.54) is 18.5 Å². The zero-order valence-electron chi connectivity index (χ0n) is 8.14. The third-order valence-electron chi connectivity index (χ3n) is 1.83. The molecule has 0 amide bonds. The number of nitrogens with zero attached hydrogens (tertiary/aromatic N) is 2. The van der Waals surface area contributed by atoms with Crippen LogP contribution in [-0.2, 0) is 0 Å². The van der Waals surface area contributed by atoms with Crippen LogP contribution in [0.4, 0.5) is 4.39 Å². The van der Waals surface area contributed by atoms with Crippen molar-refractivity contribution in [2.45, 2.75) is 6.92 Å². The number of hydrogen-bond donors (Lipinski definition) is 0. The monoisotopic (exact) mass is 204 g/mol. The molecule has 0 aliphatic heterocycles. The van der Waals surface area contributed by atoms with E-state index in [1.807, 2.05) is 6.92 Å². The lowest BCUT2D eigenvalue weighted by Gasteiger charge is -2.04. The largest absolute Gasteiger partial charge is 0.421 e. The number of rotatable bonds is 2. The van der Waals surface area contributed by atoms with Crippen molar-refractivity contribution < 1.29 is 9.13 Å². The van der Waals surface area contributed by atoms with Gasteiger partial charge in [0.05, 0.1) is 0 Å². The van der Waals surface area contributed by atoms with Crippen molar-refractivity contribution >= 4 is 0 Å². The molecule has 0 saturated carbocycles. The van der Waals surface area contributed by atoms with Gasteiger partial charge in [0, 0.05) is 12.4 Å². The summed E-state index contributed by atoms with van der Waals surface area (Å²) in [6.45, 7) is 1.86. The molecule has 15 heavy (non-hydrogen) atoms. The van der Waals surface area contributed by atoms with Gasteiger partial charge in [0.25, 0.3) is 0 Å². The summed E-state index contributed by atoms with van der Waals surface area (Å²) in [5, 5.41) is 0. The molecule has 0 bridgehead atoms. The number of aryl methyl sites for hydroxylation is 1. The Morgan fingerprint density at radius 3 is 2.67 bits per heavy atom. The molecule has 4 heteroatoms. The van der Waals surface area contributed by atoms with Gasteiger partial charge in [0.2, 0.25) is 0 Å². The van der Waals surface area contributed by atoms with E-state index in [0.29, 0.717) is 0 Å². The lowest BCUT2D eigenvalue weighted by Crippen LogP contribution is -1.93. The van der Waals surface area contributed by atoms with E-state index in [4.69, 9.17) is 4.74 Å². The number of aromatic nitrogens is 2. The van der Waals surface area contributed by atoms with Gasteiger partial charge in [-0.05, 0) is 30.7 Å². The van der Waals surface area contributed by atoms with E-state index < -0.39 is 5.82 Å². The maximum atomic E-state index is 13.3. The minimum absolute atomic E-state index is 0.140. The molecule has 0 atom stereocenters. The molecule has 0 N–H and O–H groups in total. The average molecular weight is 204 g/mol. The van der Waals surface area contributed by atoms with Crippen molar-refractivity contribution in [3.8, 4) is 11.8 Å². The zero-order chi connectivity index (χ0) is 10.7. The Morgan fingerprint density at radius 2 is 1.93 bits per heavy atom. The van der Waals surface area contributed by atoms with Crippen LogP contribution in [0, 0.1) is 12.7 Å². The van der Waals surface area contributed by atoms with Crippen LogP contribution in [0.2, 0.25) is 0 Å². The van der Waals surface area contributed by atoms with Crippen molar-refractivity contribution in [3.05, 3.63) is 48.0 Å². The summed E-state index contributed by atoms with van der Waals surface area (Å²) in [4.78, 5) is 7.69. The normalized spacial score (nSPS) is 10.0. The number of ether oxygens (including phenoxy) is 1. The quantitative estimate of drug-likeness (QED) is 0.754. The van der Waals surface area contributed by atoms with Crippen molar-refractivity contribution in [1.82, 2.24) is 9.97 Å². The van der Waals surface area contributed by atoms with Gasteiger partial charge in [-0.25, -0.2) is 14.4 Å². The molecule has 0 aliphatic carbocycles. The fourth-order valence-corrected chi connectivity index (χ4v) is 1.13. The molecule has 1 heterocycles. The predicted molar refractivity (Wildman–Crippen MR) is 53.2 cm³/mol. The SMILES string of the molecule is Cc1ccc(F)c(Oc2ncccn2)c1. The number of hydrogen-bond acceptors (Lipinski definition) is 3. The third-order valence-corrected chi connectivity index (χ3v) is 1.83. The Balaban J connectivity index is 2.28. The molecule has 0 aliphatic rings. The zero-order valence-corrected chi connectivity index (χ0v) is 8.14. The van der Waals surface area contributed by atoms with Gasteiger partial charge in [0.1, 0.15) is 0 Å². The molecule has 0 spiro atoms. The summed E-state index contributed by atoms with van der Waals surface area (Å²) in [7, 11) is 0. The Morgan fingerprint density at radius 1 is 1.20 bits per heavy atom. The second-order valence-electron chi connectivity index (χ2n) is 3.07. The second-order valence-corrected chi connectivity index (χ2v) is 3.07. The lowest BCUT2D eigenvalue weighted by molar-refractivity contribution is 0.410. The molecule has 76 valence electrons. The first-order valence-electron chi connectivity index (χ1n) is 4.47. The highest BCUT2D eigenvalue weighted by atomic mass is 19.1. The van der Waals surface area contributed by atoms with Crippen LogP contribution >= 0.6 is 0 Å². The average Bonchev–Trinajstić information content (AvgIpc) is 2.25. The minimum Gasteiger partial charge on any atom is -0.421 e. The summed E-state index contributed by atoms with van der Waals surface area (Å²) < 4.78 is 18.5. The van der Waals surface area contributed by atoms with Crippen LogP contribution in [0.1, 0.15) is 5.56 Å². The summed E-state index contributed by atoms with van der Waals surface area (Å²) in [6.07, 6.45) is 3.08. The third kappa shape index (κ3) is 2.28. The van der Waals surface area contributed by atoms with Crippen molar-refractivity contribution in [3.63, 3.8) is 0 Å². The Kier molecular flexibility index (Phi) is 2.58. The number of halogens is 1. The van der Waals surface area contributed by atoms with Crippen molar-refractivity contribution in [2.75, 3.05) is 0 Å². The maximum absolute atomic E-state index is 13.3. The highest BCUT2D eigenvalue weighted by molar-refractivity contribution is 5.31. The van der Waals surface area contributed by atoms with Crippen LogP contribution in [0.5, 0.6) is 11.8 Å². The van der Waals surface area contributed by atoms with E-state index in [0.717, 1.165) is 5.56 Å². The molecule has 0 fully saturated rings. The van der Waals surface area contributed by atoms with E-state index >= 15 is 0 Å². The summed E-state index contributed by atoms with van der Waals surface area (Å²) in [5.41, 5.74) is 0.919. The summed E-state index contributed by atoms with van der Waals surface area (Å²) >= 11 is 0. The fourth-order valence-electron chi connectivity index (χ4n) is 1.13. The van der Waals surface area contributed by atoms with Crippen molar-refractivity contribution in [2.24, 2.45) is 0 Å². The van der Waals surface area contributed by atoms with Crippen LogP contribution in [0.3, 0.4) is 0 Å². The predicted octanol–water partition coefficient (Wildman–Crippen LogP) is 2.72. The van der Waals surface area contributed by atoms with Crippen LogP contribution in [-0.4, -0.2) is 9.97 Å². The highest BCUT2D eigenvalue weighted by Crippen LogP contribution is 2.22. The lowest BCUT2D eigenvalue weighted by atomic mass is 10.2. The van der Waals surface area contributed by atoms with Gasteiger partial charge in [-0.1, -0.05) is 6.07 Å². The van der Waals surface area contributed by atoms with Crippen LogP contribution in [0.15, 0.2) is 36.7 Å². The molecule has 2 aromatic rings. The van der Waals surface area contributed by atoms with E-state index in [9.17, 15) is 4.39 Å². The first kappa shape index (κ1) is 9.58. The smallest absolute Gasteiger partial charge is 0.321 e. The standard InChI is InChI=1S/C11H9FN2O/c1-8-3-4-9(12)10(7-8)15-11-13-5-2-6-14-11/h2-7H,1H3. The first-order chi connectivity index (χ1) is 7.25. The van der Waals surface area contributed by atoms with Gasteiger partial charge >= 0.3 is 6.01 Å². The Bertz CT molecular complexity index is 459. The van der Waals surface area contributed by atoms with Crippen LogP contribution in [0.25, 0.3) is 0 Å². The molecular weight excluding hydrogens is 195 g/mol. The Labute approximate surface area is 86.6 Å². The molecule has 0 saturated heterocycles. The Hall–Kier alpha value is -1.97. The topological polar surface area (TPSA) is 35.0 Å². The van der Waals surface area contributed by atoms with Gasteiger partial charge < -0.3 is 4.74 Å². The summed E-state index contributed by atoms with van der Waals surface area (Å²) in [5.74, 6) is -0.283. The van der Waals surface area contributed by atoms with Crippen molar-refractivity contribution in [1.29, 1.82) is 0 Å². The van der Waals surface area contributed by atoms with Crippen LogP contribution < -0.4 is 4.74 Å². The summed E-state index contributed by atoms with van der Waals surface area (Å²) in [6, 6.07) is 6.44. The molecular formula is C11H9FN2O. The molecule has 0 unspecified atom stereocenters. The first-order valence-corrected chi connectivity index (χ1v) is 4.47. The minimum atomic E-state index is -0.423. The highest BCUT2D eigenvalue weighted by Gasteiger charge is 2.05. The van der Waals surface area contributed by atoms with Gasteiger partial charge in [-0.2, -0.15) is 0 Å². The van der Waals surface area contributed by atoms with E-state index in [2.05, 4.69) is 9.97 Å². The molecule has 2 rings (SSSR count). The van der Waals surface area contributed by atoms with E-state index in [1.54, 1.807) is 18.2 Å². The molecule has 3 nitrogen and oxygen atoms in total. The van der Waals surface area contributed by atoms with Gasteiger partial charge in [0.15, 0.2) is 11.6 Å². The molecule has 1 aromatic heterocycles. The van der Waals surface area contributed by atoms with Gasteiger partial charge in [-0.3, -0.25) is 0 Å². The maximum Gasteiger partial charge on any atom is 0.321 e.